The first-order chi connectivity index (χ1) is 7.99. The van der Waals surface area contributed by atoms with Gasteiger partial charge in [-0.1, -0.05) is 12.1 Å². The zero-order chi connectivity index (χ0) is 12.8. The highest BCUT2D eigenvalue weighted by molar-refractivity contribution is 5.86. The number of phenols is 1. The number of carbonyl (C=O) groups excluding carboxylic acids is 2. The highest BCUT2D eigenvalue weighted by Crippen LogP contribution is 2.10. The van der Waals surface area contributed by atoms with Gasteiger partial charge in [0.1, 0.15) is 5.75 Å². The van der Waals surface area contributed by atoms with E-state index < -0.39 is 17.9 Å². The van der Waals surface area contributed by atoms with Gasteiger partial charge in [-0.05, 0) is 24.1 Å². The minimum Gasteiger partial charge on any atom is -0.508 e. The summed E-state index contributed by atoms with van der Waals surface area (Å²) in [5.41, 5.74) is 11.4. The van der Waals surface area contributed by atoms with Gasteiger partial charge in [0.15, 0.2) is 0 Å². The molecule has 1 aromatic rings. The largest absolute Gasteiger partial charge is 0.508 e. The molecule has 0 aliphatic carbocycles. The zero-order valence-electron chi connectivity index (χ0n) is 9.22. The fourth-order valence-electron chi connectivity index (χ4n) is 1.28. The van der Waals surface area contributed by atoms with Gasteiger partial charge in [0.05, 0.1) is 12.6 Å². The molecule has 2 amide bonds. The average molecular weight is 237 g/mol. The molecule has 1 rings (SSSR count). The second kappa shape index (κ2) is 5.86. The van der Waals surface area contributed by atoms with E-state index in [2.05, 4.69) is 5.32 Å². The van der Waals surface area contributed by atoms with Crippen LogP contribution in [0.1, 0.15) is 5.56 Å². The maximum Gasteiger partial charge on any atom is 0.237 e. The van der Waals surface area contributed by atoms with Gasteiger partial charge in [0.2, 0.25) is 11.8 Å². The second-order valence-corrected chi connectivity index (χ2v) is 3.66. The van der Waals surface area contributed by atoms with Crippen LogP contribution in [0, 0.1) is 0 Å². The molecule has 6 nitrogen and oxygen atoms in total. The Morgan fingerprint density at radius 2 is 1.88 bits per heavy atom. The van der Waals surface area contributed by atoms with Gasteiger partial charge in [-0.3, -0.25) is 9.59 Å². The highest BCUT2D eigenvalue weighted by atomic mass is 16.3. The molecule has 0 fully saturated rings. The number of amides is 2. The van der Waals surface area contributed by atoms with Crippen LogP contribution in [0.5, 0.6) is 5.75 Å². The molecule has 0 aliphatic heterocycles. The maximum atomic E-state index is 11.4. The van der Waals surface area contributed by atoms with Crippen molar-refractivity contribution >= 4 is 11.8 Å². The monoisotopic (exact) mass is 237 g/mol. The molecule has 6 N–H and O–H groups in total. The second-order valence-electron chi connectivity index (χ2n) is 3.66. The van der Waals surface area contributed by atoms with E-state index in [0.717, 1.165) is 5.56 Å². The molecular formula is C11H15N3O3. The van der Waals surface area contributed by atoms with Gasteiger partial charge < -0.3 is 21.9 Å². The standard InChI is InChI=1S/C11H15N3O3/c12-9(11(17)14-6-10(13)16)5-7-1-3-8(15)4-2-7/h1-4,9,15H,5-6,12H2,(H2,13,16)(H,14,17)/t9-/m0/s1. The number of carbonyl (C=O) groups is 2. The Hall–Kier alpha value is -2.08. The Balaban J connectivity index is 2.48. The van der Waals surface area contributed by atoms with Gasteiger partial charge >= 0.3 is 0 Å². The summed E-state index contributed by atoms with van der Waals surface area (Å²) >= 11 is 0. The average Bonchev–Trinajstić information content (AvgIpc) is 2.28. The molecule has 0 saturated heterocycles. The Morgan fingerprint density at radius 1 is 1.29 bits per heavy atom. The van der Waals surface area contributed by atoms with Crippen molar-refractivity contribution in [3.8, 4) is 5.75 Å². The third kappa shape index (κ3) is 4.52. The summed E-state index contributed by atoms with van der Waals surface area (Å²) in [7, 11) is 0. The summed E-state index contributed by atoms with van der Waals surface area (Å²) in [6.07, 6.45) is 0.324. The van der Waals surface area contributed by atoms with Crippen LogP contribution < -0.4 is 16.8 Å². The molecule has 1 aromatic carbocycles. The summed E-state index contributed by atoms with van der Waals surface area (Å²) in [5, 5.41) is 11.4. The first-order valence-electron chi connectivity index (χ1n) is 5.08. The number of hydrogen-bond donors (Lipinski definition) is 4. The fourth-order valence-corrected chi connectivity index (χ4v) is 1.28. The molecule has 0 radical (unpaired) electrons. The number of phenolic OH excluding ortho intramolecular Hbond substituents is 1. The van der Waals surface area contributed by atoms with Crippen LogP contribution in [-0.4, -0.2) is 29.5 Å². The van der Waals surface area contributed by atoms with Gasteiger partial charge in [0, 0.05) is 0 Å². The number of nitrogens with two attached hydrogens (primary N) is 2. The van der Waals surface area contributed by atoms with E-state index >= 15 is 0 Å². The minimum absolute atomic E-state index is 0.153. The van der Waals surface area contributed by atoms with Crippen molar-refractivity contribution in [3.63, 3.8) is 0 Å². The zero-order valence-corrected chi connectivity index (χ0v) is 9.22. The van der Waals surface area contributed by atoms with Crippen LogP contribution in [-0.2, 0) is 16.0 Å². The summed E-state index contributed by atoms with van der Waals surface area (Å²) in [6, 6.07) is 5.64. The fraction of sp³-hybridized carbons (Fsp3) is 0.273. The maximum absolute atomic E-state index is 11.4. The number of aromatic hydroxyl groups is 1. The van der Waals surface area contributed by atoms with Crippen LogP contribution in [0.3, 0.4) is 0 Å². The van der Waals surface area contributed by atoms with Crippen molar-refractivity contribution in [2.24, 2.45) is 11.5 Å². The Morgan fingerprint density at radius 3 is 2.41 bits per heavy atom. The third-order valence-electron chi connectivity index (χ3n) is 2.17. The van der Waals surface area contributed by atoms with E-state index in [-0.39, 0.29) is 12.3 Å². The molecular weight excluding hydrogens is 222 g/mol. The van der Waals surface area contributed by atoms with Crippen LogP contribution in [0.15, 0.2) is 24.3 Å². The first-order valence-corrected chi connectivity index (χ1v) is 5.08. The van der Waals surface area contributed by atoms with Crippen molar-refractivity contribution < 1.29 is 14.7 Å². The highest BCUT2D eigenvalue weighted by Gasteiger charge is 2.14. The lowest BCUT2D eigenvalue weighted by atomic mass is 10.1. The van der Waals surface area contributed by atoms with E-state index in [1.54, 1.807) is 12.1 Å². The molecule has 0 heterocycles. The lowest BCUT2D eigenvalue weighted by molar-refractivity contribution is -0.125. The quantitative estimate of drug-likeness (QED) is 0.517. The molecule has 0 bridgehead atoms. The molecule has 0 unspecified atom stereocenters. The Labute approximate surface area is 98.6 Å². The summed E-state index contributed by atoms with van der Waals surface area (Å²) in [6.45, 7) is -0.220. The predicted molar refractivity (Wildman–Crippen MR) is 62.0 cm³/mol. The topological polar surface area (TPSA) is 118 Å². The smallest absolute Gasteiger partial charge is 0.237 e. The molecule has 0 aromatic heterocycles. The predicted octanol–water partition coefficient (Wildman–Crippen LogP) is -1.14. The number of nitrogens with one attached hydrogen (secondary N) is 1. The van der Waals surface area contributed by atoms with Gasteiger partial charge in [-0.25, -0.2) is 0 Å². The van der Waals surface area contributed by atoms with E-state index in [1.807, 2.05) is 0 Å². The van der Waals surface area contributed by atoms with Crippen LogP contribution >= 0.6 is 0 Å². The lowest BCUT2D eigenvalue weighted by Gasteiger charge is -2.11. The third-order valence-corrected chi connectivity index (χ3v) is 2.17. The van der Waals surface area contributed by atoms with Crippen molar-refractivity contribution in [3.05, 3.63) is 29.8 Å². The Bertz CT molecular complexity index is 403. The van der Waals surface area contributed by atoms with Crippen molar-refractivity contribution in [2.75, 3.05) is 6.54 Å². The summed E-state index contributed by atoms with van der Waals surface area (Å²) in [5.74, 6) is -0.896. The van der Waals surface area contributed by atoms with Crippen molar-refractivity contribution in [1.29, 1.82) is 0 Å². The van der Waals surface area contributed by atoms with Crippen molar-refractivity contribution in [2.45, 2.75) is 12.5 Å². The van der Waals surface area contributed by atoms with Gasteiger partial charge in [0.25, 0.3) is 0 Å². The minimum atomic E-state index is -0.751. The van der Waals surface area contributed by atoms with Gasteiger partial charge in [-0.15, -0.1) is 0 Å². The van der Waals surface area contributed by atoms with Crippen LogP contribution in [0.2, 0.25) is 0 Å². The molecule has 17 heavy (non-hydrogen) atoms. The number of hydrogen-bond acceptors (Lipinski definition) is 4. The normalized spacial score (nSPS) is 11.8. The number of rotatable bonds is 5. The van der Waals surface area contributed by atoms with E-state index in [4.69, 9.17) is 16.6 Å². The van der Waals surface area contributed by atoms with Crippen LogP contribution in [0.4, 0.5) is 0 Å². The number of benzene rings is 1. The molecule has 92 valence electrons. The van der Waals surface area contributed by atoms with Gasteiger partial charge in [-0.2, -0.15) is 0 Å². The van der Waals surface area contributed by atoms with E-state index in [0.29, 0.717) is 6.42 Å². The molecule has 0 aliphatic rings. The van der Waals surface area contributed by atoms with Crippen molar-refractivity contribution in [1.82, 2.24) is 5.32 Å². The SMILES string of the molecule is NC(=O)CNC(=O)[C@@H](N)Cc1ccc(O)cc1. The van der Waals surface area contributed by atoms with Crippen LogP contribution in [0.25, 0.3) is 0 Å². The van der Waals surface area contributed by atoms with E-state index in [1.165, 1.54) is 12.1 Å². The Kier molecular flexibility index (Phi) is 4.47. The number of primary amides is 1. The molecule has 0 saturated carbocycles. The molecule has 1 atom stereocenters. The molecule has 0 spiro atoms. The summed E-state index contributed by atoms with van der Waals surface area (Å²) in [4.78, 5) is 21.9. The first kappa shape index (κ1) is 13.0. The lowest BCUT2D eigenvalue weighted by Crippen LogP contribution is -2.44. The molecule has 6 heteroatoms. The van der Waals surface area contributed by atoms with E-state index in [9.17, 15) is 9.59 Å². The summed E-state index contributed by atoms with van der Waals surface area (Å²) < 4.78 is 0.